The minimum absolute atomic E-state index is 0.0605. The first-order valence-corrected chi connectivity index (χ1v) is 8.87. The number of rotatable bonds is 4. The molecule has 0 bridgehead atoms. The summed E-state index contributed by atoms with van der Waals surface area (Å²) >= 11 is 0. The van der Waals surface area contributed by atoms with Gasteiger partial charge in [-0.15, -0.1) is 0 Å². The van der Waals surface area contributed by atoms with Crippen LogP contribution in [-0.4, -0.2) is 18.5 Å². The third kappa shape index (κ3) is 2.72. The fourth-order valence-corrected chi connectivity index (χ4v) is 3.74. The van der Waals surface area contributed by atoms with Gasteiger partial charge < -0.3 is 0 Å². The Morgan fingerprint density at radius 3 is 1.35 bits per heavy atom. The quantitative estimate of drug-likeness (QED) is 0.719. The van der Waals surface area contributed by atoms with E-state index in [-0.39, 0.29) is 5.54 Å². The van der Waals surface area contributed by atoms with Gasteiger partial charge in [-0.3, -0.25) is 4.90 Å². The SMILES string of the molecule is CC(C)c1ccc(C2(c3ccc(C(C)C)cc3)CCN2C)cc1. The molecule has 3 rings (SSSR count). The van der Waals surface area contributed by atoms with E-state index >= 15 is 0 Å². The molecule has 2 aromatic rings. The Labute approximate surface area is 141 Å². The van der Waals surface area contributed by atoms with Crippen molar-refractivity contribution in [3.8, 4) is 0 Å². The zero-order chi connectivity index (χ0) is 16.6. The number of nitrogens with zero attached hydrogens (tertiary/aromatic N) is 1. The Morgan fingerprint density at radius 2 is 1.13 bits per heavy atom. The van der Waals surface area contributed by atoms with Crippen LogP contribution in [0.4, 0.5) is 0 Å². The van der Waals surface area contributed by atoms with E-state index in [4.69, 9.17) is 0 Å². The third-order valence-corrected chi connectivity index (χ3v) is 5.57. The number of benzene rings is 2. The highest BCUT2D eigenvalue weighted by molar-refractivity contribution is 5.43. The second kappa shape index (κ2) is 6.13. The van der Waals surface area contributed by atoms with E-state index in [9.17, 15) is 0 Å². The van der Waals surface area contributed by atoms with Crippen molar-refractivity contribution in [1.82, 2.24) is 4.90 Å². The van der Waals surface area contributed by atoms with Crippen LogP contribution in [0.15, 0.2) is 48.5 Å². The van der Waals surface area contributed by atoms with E-state index in [0.717, 1.165) is 6.54 Å². The van der Waals surface area contributed by atoms with Gasteiger partial charge in [-0.2, -0.15) is 0 Å². The maximum atomic E-state index is 2.49. The molecule has 0 atom stereocenters. The largest absolute Gasteiger partial charge is 0.293 e. The summed E-state index contributed by atoms with van der Waals surface area (Å²) in [6, 6.07) is 18.5. The van der Waals surface area contributed by atoms with Crippen LogP contribution in [0.5, 0.6) is 0 Å². The van der Waals surface area contributed by atoms with E-state index in [2.05, 4.69) is 88.2 Å². The monoisotopic (exact) mass is 307 g/mol. The molecular formula is C22H29N. The summed E-state index contributed by atoms with van der Waals surface area (Å²) in [5.41, 5.74) is 5.74. The Hall–Kier alpha value is -1.60. The van der Waals surface area contributed by atoms with Crippen LogP contribution in [0.3, 0.4) is 0 Å². The molecule has 23 heavy (non-hydrogen) atoms. The molecule has 1 heteroatoms. The van der Waals surface area contributed by atoms with Crippen molar-refractivity contribution < 1.29 is 0 Å². The van der Waals surface area contributed by atoms with Crippen molar-refractivity contribution >= 4 is 0 Å². The van der Waals surface area contributed by atoms with E-state index in [1.54, 1.807) is 0 Å². The molecule has 0 aliphatic carbocycles. The second-order valence-corrected chi connectivity index (χ2v) is 7.59. The minimum Gasteiger partial charge on any atom is -0.293 e. The van der Waals surface area contributed by atoms with Crippen LogP contribution < -0.4 is 0 Å². The lowest BCUT2D eigenvalue weighted by Crippen LogP contribution is -2.55. The van der Waals surface area contributed by atoms with Gasteiger partial charge in [-0.1, -0.05) is 76.2 Å². The summed E-state index contributed by atoms with van der Waals surface area (Å²) < 4.78 is 0. The summed E-state index contributed by atoms with van der Waals surface area (Å²) in [4.78, 5) is 2.49. The van der Waals surface area contributed by atoms with E-state index in [0.29, 0.717) is 11.8 Å². The summed E-state index contributed by atoms with van der Waals surface area (Å²) in [6.45, 7) is 10.2. The second-order valence-electron chi connectivity index (χ2n) is 7.59. The van der Waals surface area contributed by atoms with Crippen LogP contribution in [0.25, 0.3) is 0 Å². The van der Waals surface area contributed by atoms with E-state index in [1.807, 2.05) is 0 Å². The number of hydrogen-bond donors (Lipinski definition) is 0. The molecule has 1 saturated heterocycles. The highest BCUT2D eigenvalue weighted by Gasteiger charge is 2.45. The predicted molar refractivity (Wildman–Crippen MR) is 99.1 cm³/mol. The molecule has 0 unspecified atom stereocenters. The third-order valence-electron chi connectivity index (χ3n) is 5.57. The van der Waals surface area contributed by atoms with Gasteiger partial charge >= 0.3 is 0 Å². The zero-order valence-corrected chi connectivity index (χ0v) is 15.1. The summed E-state index contributed by atoms with van der Waals surface area (Å²) in [7, 11) is 2.25. The fraction of sp³-hybridized carbons (Fsp3) is 0.455. The molecule has 0 radical (unpaired) electrons. The smallest absolute Gasteiger partial charge is 0.0725 e. The summed E-state index contributed by atoms with van der Waals surface area (Å²) in [5.74, 6) is 1.17. The molecule has 0 spiro atoms. The van der Waals surface area contributed by atoms with Gasteiger partial charge in [-0.25, -0.2) is 0 Å². The Kier molecular flexibility index (Phi) is 4.33. The molecule has 0 saturated carbocycles. The van der Waals surface area contributed by atoms with Crippen molar-refractivity contribution in [1.29, 1.82) is 0 Å². The number of likely N-dealkylation sites (tertiary alicyclic amines) is 1. The molecule has 0 aromatic heterocycles. The van der Waals surface area contributed by atoms with Crippen LogP contribution in [0.2, 0.25) is 0 Å². The lowest BCUT2D eigenvalue weighted by molar-refractivity contribution is 0.0447. The molecule has 1 nitrogen and oxygen atoms in total. The van der Waals surface area contributed by atoms with Gasteiger partial charge in [-0.05, 0) is 47.6 Å². The molecule has 0 N–H and O–H groups in total. The van der Waals surface area contributed by atoms with Gasteiger partial charge in [0.25, 0.3) is 0 Å². The molecule has 1 fully saturated rings. The van der Waals surface area contributed by atoms with E-state index < -0.39 is 0 Å². The summed E-state index contributed by atoms with van der Waals surface area (Å²) in [6.07, 6.45) is 1.20. The maximum absolute atomic E-state index is 2.49. The first kappa shape index (κ1) is 16.3. The first-order chi connectivity index (χ1) is 10.9. The molecule has 1 aliphatic heterocycles. The lowest BCUT2D eigenvalue weighted by atomic mass is 9.73. The summed E-state index contributed by atoms with van der Waals surface area (Å²) in [5, 5.41) is 0. The van der Waals surface area contributed by atoms with Gasteiger partial charge in [0.05, 0.1) is 5.54 Å². The van der Waals surface area contributed by atoms with Crippen LogP contribution in [-0.2, 0) is 5.54 Å². The normalized spacial score (nSPS) is 17.5. The maximum Gasteiger partial charge on any atom is 0.0725 e. The van der Waals surface area contributed by atoms with Gasteiger partial charge in [0, 0.05) is 6.54 Å². The molecular weight excluding hydrogens is 278 g/mol. The van der Waals surface area contributed by atoms with Gasteiger partial charge in [0.2, 0.25) is 0 Å². The highest BCUT2D eigenvalue weighted by atomic mass is 15.2. The zero-order valence-electron chi connectivity index (χ0n) is 15.1. The van der Waals surface area contributed by atoms with Crippen LogP contribution in [0.1, 0.15) is 68.2 Å². The van der Waals surface area contributed by atoms with Crippen molar-refractivity contribution in [2.75, 3.05) is 13.6 Å². The van der Waals surface area contributed by atoms with Crippen molar-refractivity contribution in [3.63, 3.8) is 0 Å². The molecule has 1 aliphatic rings. The van der Waals surface area contributed by atoms with Crippen molar-refractivity contribution in [3.05, 3.63) is 70.8 Å². The average molecular weight is 307 g/mol. The van der Waals surface area contributed by atoms with Gasteiger partial charge in [0.1, 0.15) is 0 Å². The lowest BCUT2D eigenvalue weighted by Gasteiger charge is -2.52. The Balaban J connectivity index is 2.00. The Morgan fingerprint density at radius 1 is 0.739 bits per heavy atom. The fourth-order valence-electron chi connectivity index (χ4n) is 3.74. The van der Waals surface area contributed by atoms with Crippen LogP contribution in [0, 0.1) is 0 Å². The van der Waals surface area contributed by atoms with Crippen molar-refractivity contribution in [2.45, 2.75) is 51.5 Å². The predicted octanol–water partition coefficient (Wildman–Crippen LogP) is 5.51. The Bertz CT molecular complexity index is 598. The minimum atomic E-state index is 0.0605. The first-order valence-electron chi connectivity index (χ1n) is 8.87. The van der Waals surface area contributed by atoms with Crippen molar-refractivity contribution in [2.24, 2.45) is 0 Å². The topological polar surface area (TPSA) is 3.24 Å². The molecule has 122 valence electrons. The molecule has 2 aromatic carbocycles. The van der Waals surface area contributed by atoms with Crippen LogP contribution >= 0.6 is 0 Å². The standard InChI is InChI=1S/C22H29N/c1-16(2)18-6-10-20(11-7-18)22(14-15-23(22)5)21-12-8-19(9-13-21)17(3)4/h6-13,16-17H,14-15H2,1-5H3. The van der Waals surface area contributed by atoms with E-state index in [1.165, 1.54) is 28.7 Å². The average Bonchev–Trinajstić information content (AvgIpc) is 2.55. The van der Waals surface area contributed by atoms with Gasteiger partial charge in [0.15, 0.2) is 0 Å². The highest BCUT2D eigenvalue weighted by Crippen LogP contribution is 2.45. The molecule has 0 amide bonds. The molecule has 1 heterocycles. The number of hydrogen-bond acceptors (Lipinski definition) is 1.